The molecule has 0 atom stereocenters. The Hall–Kier alpha value is -1.09. The maximum Gasteiger partial charge on any atom is 0.103 e. The Morgan fingerprint density at radius 1 is 1.67 bits per heavy atom. The number of rotatable bonds is 4. The van der Waals surface area contributed by atoms with Gasteiger partial charge in [0.2, 0.25) is 0 Å². The van der Waals surface area contributed by atoms with Crippen molar-refractivity contribution in [3.8, 4) is 0 Å². The highest BCUT2D eigenvalue weighted by Crippen LogP contribution is 1.98. The lowest BCUT2D eigenvalue weighted by atomic mass is 10.3. The van der Waals surface area contributed by atoms with E-state index in [9.17, 15) is 0 Å². The molecule has 0 aliphatic carbocycles. The Bertz CT molecular complexity index is 250. The van der Waals surface area contributed by atoms with E-state index in [0.29, 0.717) is 0 Å². The van der Waals surface area contributed by atoms with Crippen molar-refractivity contribution in [3.63, 3.8) is 0 Å². The summed E-state index contributed by atoms with van der Waals surface area (Å²) in [6.45, 7) is 2.97. The summed E-state index contributed by atoms with van der Waals surface area (Å²) in [6.07, 6.45) is 7.07. The Morgan fingerprint density at radius 2 is 2.50 bits per heavy atom. The lowest BCUT2D eigenvalue weighted by Gasteiger charge is -1.90. The first kappa shape index (κ1) is 9.00. The van der Waals surface area contributed by atoms with Gasteiger partial charge in [-0.1, -0.05) is 6.08 Å². The maximum atomic E-state index is 4.09. The largest absolute Gasteiger partial charge is 0.343 e. The van der Waals surface area contributed by atoms with Crippen LogP contribution in [0.3, 0.4) is 0 Å². The van der Waals surface area contributed by atoms with Gasteiger partial charge in [0.15, 0.2) is 0 Å². The summed E-state index contributed by atoms with van der Waals surface area (Å²) in [5, 5.41) is 3.08. The molecule has 0 spiro atoms. The minimum atomic E-state index is 0.961. The molecular formula is C9H15N3. The average Bonchev–Trinajstić information content (AvgIpc) is 2.45. The predicted octanol–water partition coefficient (Wildman–Crippen LogP) is 1.34. The molecule has 1 heterocycles. The standard InChI is InChI=1S/C9H15N3/c1-8-11-7-9(12-8)5-3-4-6-10-2/h3,5,7,10H,4,6H2,1-2H3,(H,11,12). The molecule has 0 aliphatic rings. The second-order valence-electron chi connectivity index (χ2n) is 2.72. The van der Waals surface area contributed by atoms with E-state index in [0.717, 1.165) is 24.5 Å². The summed E-state index contributed by atoms with van der Waals surface area (Å²) in [7, 11) is 1.95. The summed E-state index contributed by atoms with van der Waals surface area (Å²) in [5.41, 5.74) is 1.07. The van der Waals surface area contributed by atoms with Gasteiger partial charge < -0.3 is 10.3 Å². The molecule has 1 rings (SSSR count). The molecule has 3 heteroatoms. The molecule has 0 bridgehead atoms. The number of nitrogens with zero attached hydrogens (tertiary/aromatic N) is 1. The molecule has 66 valence electrons. The van der Waals surface area contributed by atoms with Crippen LogP contribution >= 0.6 is 0 Å². The van der Waals surface area contributed by atoms with E-state index in [2.05, 4.69) is 27.4 Å². The quantitative estimate of drug-likeness (QED) is 0.661. The zero-order valence-corrected chi connectivity index (χ0v) is 7.59. The van der Waals surface area contributed by atoms with E-state index in [1.807, 2.05) is 20.2 Å². The molecule has 3 nitrogen and oxygen atoms in total. The molecule has 0 unspecified atom stereocenters. The fourth-order valence-corrected chi connectivity index (χ4v) is 0.962. The minimum Gasteiger partial charge on any atom is -0.343 e. The number of aryl methyl sites for hydroxylation is 1. The zero-order chi connectivity index (χ0) is 8.81. The van der Waals surface area contributed by atoms with Crippen LogP contribution in [-0.4, -0.2) is 23.6 Å². The van der Waals surface area contributed by atoms with E-state index < -0.39 is 0 Å². The number of imidazole rings is 1. The average molecular weight is 165 g/mol. The van der Waals surface area contributed by atoms with Crippen LogP contribution in [0.5, 0.6) is 0 Å². The lowest BCUT2D eigenvalue weighted by molar-refractivity contribution is 0.809. The third-order valence-corrected chi connectivity index (χ3v) is 1.58. The summed E-state index contributed by atoms with van der Waals surface area (Å²) < 4.78 is 0. The van der Waals surface area contributed by atoms with Crippen molar-refractivity contribution in [1.29, 1.82) is 0 Å². The van der Waals surface area contributed by atoms with Gasteiger partial charge in [0.25, 0.3) is 0 Å². The van der Waals surface area contributed by atoms with E-state index in [1.165, 1.54) is 0 Å². The van der Waals surface area contributed by atoms with Crippen LogP contribution in [0.4, 0.5) is 0 Å². The topological polar surface area (TPSA) is 40.7 Å². The van der Waals surface area contributed by atoms with Gasteiger partial charge in [-0.15, -0.1) is 0 Å². The Morgan fingerprint density at radius 3 is 3.08 bits per heavy atom. The number of aromatic amines is 1. The maximum absolute atomic E-state index is 4.09. The molecule has 0 saturated carbocycles. The van der Waals surface area contributed by atoms with E-state index in [4.69, 9.17) is 0 Å². The smallest absolute Gasteiger partial charge is 0.103 e. The number of hydrogen-bond acceptors (Lipinski definition) is 2. The number of aromatic nitrogens is 2. The molecule has 1 aromatic heterocycles. The van der Waals surface area contributed by atoms with Gasteiger partial charge in [0.05, 0.1) is 11.9 Å². The number of hydrogen-bond donors (Lipinski definition) is 2. The first-order valence-electron chi connectivity index (χ1n) is 4.15. The van der Waals surface area contributed by atoms with Crippen LogP contribution in [0.1, 0.15) is 17.9 Å². The fraction of sp³-hybridized carbons (Fsp3) is 0.444. The molecule has 0 radical (unpaired) electrons. The van der Waals surface area contributed by atoms with Gasteiger partial charge >= 0.3 is 0 Å². The molecule has 0 saturated heterocycles. The van der Waals surface area contributed by atoms with E-state index in [1.54, 1.807) is 0 Å². The molecule has 1 aromatic rings. The summed E-state index contributed by atoms with van der Waals surface area (Å²) in [5.74, 6) is 0.961. The fourth-order valence-electron chi connectivity index (χ4n) is 0.962. The van der Waals surface area contributed by atoms with Crippen molar-refractivity contribution in [2.45, 2.75) is 13.3 Å². The van der Waals surface area contributed by atoms with Crippen LogP contribution in [0.15, 0.2) is 12.3 Å². The van der Waals surface area contributed by atoms with Gasteiger partial charge in [-0.2, -0.15) is 0 Å². The highest BCUT2D eigenvalue weighted by atomic mass is 14.9. The molecule has 12 heavy (non-hydrogen) atoms. The van der Waals surface area contributed by atoms with Crippen molar-refractivity contribution in [3.05, 3.63) is 23.8 Å². The Balaban J connectivity index is 2.36. The Kier molecular flexibility index (Phi) is 3.54. The number of H-pyrrole nitrogens is 1. The summed E-state index contributed by atoms with van der Waals surface area (Å²) in [6, 6.07) is 0. The molecule has 0 fully saturated rings. The molecular weight excluding hydrogens is 150 g/mol. The summed E-state index contributed by atoms with van der Waals surface area (Å²) >= 11 is 0. The minimum absolute atomic E-state index is 0.961. The third kappa shape index (κ3) is 2.88. The molecule has 2 N–H and O–H groups in total. The van der Waals surface area contributed by atoms with Crippen molar-refractivity contribution < 1.29 is 0 Å². The van der Waals surface area contributed by atoms with Crippen molar-refractivity contribution in [2.24, 2.45) is 0 Å². The van der Waals surface area contributed by atoms with Gasteiger partial charge in [0, 0.05) is 0 Å². The van der Waals surface area contributed by atoms with Crippen molar-refractivity contribution in [2.75, 3.05) is 13.6 Å². The van der Waals surface area contributed by atoms with E-state index >= 15 is 0 Å². The monoisotopic (exact) mass is 165 g/mol. The first-order chi connectivity index (χ1) is 5.83. The normalized spacial score (nSPS) is 11.2. The van der Waals surface area contributed by atoms with Gasteiger partial charge in [-0.05, 0) is 33.0 Å². The Labute approximate surface area is 72.9 Å². The van der Waals surface area contributed by atoms with Crippen LogP contribution in [0.2, 0.25) is 0 Å². The first-order valence-corrected chi connectivity index (χ1v) is 4.15. The third-order valence-electron chi connectivity index (χ3n) is 1.58. The SMILES string of the molecule is CNCCC=Cc1cnc(C)[nH]1. The van der Waals surface area contributed by atoms with Crippen LogP contribution in [0, 0.1) is 6.92 Å². The van der Waals surface area contributed by atoms with Crippen LogP contribution < -0.4 is 5.32 Å². The predicted molar refractivity (Wildman–Crippen MR) is 50.9 cm³/mol. The highest BCUT2D eigenvalue weighted by molar-refractivity contribution is 5.43. The van der Waals surface area contributed by atoms with Crippen LogP contribution in [-0.2, 0) is 0 Å². The number of nitrogens with one attached hydrogen (secondary N) is 2. The molecule has 0 aliphatic heterocycles. The van der Waals surface area contributed by atoms with Gasteiger partial charge in [-0.3, -0.25) is 0 Å². The molecule has 0 aromatic carbocycles. The van der Waals surface area contributed by atoms with E-state index in [-0.39, 0.29) is 0 Å². The van der Waals surface area contributed by atoms with Gasteiger partial charge in [-0.25, -0.2) is 4.98 Å². The second kappa shape index (κ2) is 4.72. The van der Waals surface area contributed by atoms with Gasteiger partial charge in [0.1, 0.15) is 5.82 Å². The highest BCUT2D eigenvalue weighted by Gasteiger charge is 1.89. The summed E-state index contributed by atoms with van der Waals surface area (Å²) in [4.78, 5) is 7.23. The lowest BCUT2D eigenvalue weighted by Crippen LogP contribution is -2.05. The van der Waals surface area contributed by atoms with Crippen molar-refractivity contribution >= 4 is 6.08 Å². The zero-order valence-electron chi connectivity index (χ0n) is 7.59. The van der Waals surface area contributed by atoms with Crippen LogP contribution in [0.25, 0.3) is 6.08 Å². The second-order valence-corrected chi connectivity index (χ2v) is 2.72. The molecule has 0 amide bonds. The van der Waals surface area contributed by atoms with Crippen molar-refractivity contribution in [1.82, 2.24) is 15.3 Å².